The molecule has 2 rings (SSSR count). The highest BCUT2D eigenvalue weighted by Gasteiger charge is 2.18. The standard InChI is InChI=1S/C12H12ClN5O3/c1-17(5-4-11(19)20)12(21)9-6-8(13)2-3-10(9)18-7-14-15-16-18/h2-3,6-7H,4-5H2,1H3,(H,19,20). The fourth-order valence-corrected chi connectivity index (χ4v) is 1.89. The van der Waals surface area contributed by atoms with Gasteiger partial charge >= 0.3 is 5.97 Å². The minimum Gasteiger partial charge on any atom is -0.481 e. The number of halogens is 1. The molecule has 1 aromatic heterocycles. The van der Waals surface area contributed by atoms with Crippen LogP contribution in [-0.2, 0) is 4.79 Å². The lowest BCUT2D eigenvalue weighted by molar-refractivity contribution is -0.137. The van der Waals surface area contributed by atoms with Crippen LogP contribution in [0.25, 0.3) is 5.69 Å². The fraction of sp³-hybridized carbons (Fsp3) is 0.250. The molecule has 1 amide bonds. The van der Waals surface area contributed by atoms with Crippen molar-refractivity contribution in [1.29, 1.82) is 0 Å². The molecule has 1 aromatic carbocycles. The van der Waals surface area contributed by atoms with E-state index in [1.54, 1.807) is 12.1 Å². The van der Waals surface area contributed by atoms with Crippen LogP contribution >= 0.6 is 11.6 Å². The number of hydrogen-bond donors (Lipinski definition) is 1. The number of amides is 1. The Balaban J connectivity index is 2.31. The van der Waals surface area contributed by atoms with Crippen LogP contribution in [0.15, 0.2) is 24.5 Å². The van der Waals surface area contributed by atoms with E-state index in [9.17, 15) is 9.59 Å². The number of carbonyl (C=O) groups is 2. The number of carboxylic acids is 1. The summed E-state index contributed by atoms with van der Waals surface area (Å²) in [7, 11) is 1.52. The van der Waals surface area contributed by atoms with Gasteiger partial charge in [-0.05, 0) is 28.6 Å². The van der Waals surface area contributed by atoms with Crippen molar-refractivity contribution in [2.75, 3.05) is 13.6 Å². The van der Waals surface area contributed by atoms with Gasteiger partial charge in [0.05, 0.1) is 17.7 Å². The summed E-state index contributed by atoms with van der Waals surface area (Å²) < 4.78 is 1.34. The third-order valence-corrected chi connectivity index (χ3v) is 3.03. The molecular weight excluding hydrogens is 298 g/mol. The molecule has 0 atom stereocenters. The Kier molecular flexibility index (Phi) is 4.49. The van der Waals surface area contributed by atoms with E-state index in [-0.39, 0.29) is 18.9 Å². The lowest BCUT2D eigenvalue weighted by Crippen LogP contribution is -2.30. The first-order valence-corrected chi connectivity index (χ1v) is 6.37. The van der Waals surface area contributed by atoms with Crippen LogP contribution < -0.4 is 0 Å². The van der Waals surface area contributed by atoms with Crippen LogP contribution in [0.4, 0.5) is 0 Å². The molecule has 2 aromatic rings. The molecule has 8 nitrogen and oxygen atoms in total. The summed E-state index contributed by atoms with van der Waals surface area (Å²) in [5, 5.41) is 19.9. The van der Waals surface area contributed by atoms with E-state index in [1.165, 1.54) is 29.0 Å². The highest BCUT2D eigenvalue weighted by molar-refractivity contribution is 6.31. The Morgan fingerprint density at radius 2 is 2.19 bits per heavy atom. The van der Waals surface area contributed by atoms with Gasteiger partial charge in [0.25, 0.3) is 5.91 Å². The first kappa shape index (κ1) is 14.9. The molecule has 0 bridgehead atoms. The lowest BCUT2D eigenvalue weighted by Gasteiger charge is -2.18. The molecule has 0 saturated carbocycles. The van der Waals surface area contributed by atoms with Crippen molar-refractivity contribution >= 4 is 23.5 Å². The second kappa shape index (κ2) is 6.31. The molecule has 0 aliphatic heterocycles. The van der Waals surface area contributed by atoms with Crippen molar-refractivity contribution < 1.29 is 14.7 Å². The van der Waals surface area contributed by atoms with Gasteiger partial charge in [0.15, 0.2) is 0 Å². The molecule has 0 spiro atoms. The predicted octanol–water partition coefficient (Wildman–Crippen LogP) is 0.862. The zero-order valence-electron chi connectivity index (χ0n) is 11.1. The largest absolute Gasteiger partial charge is 0.481 e. The van der Waals surface area contributed by atoms with E-state index in [0.717, 1.165) is 0 Å². The van der Waals surface area contributed by atoms with E-state index in [1.807, 2.05) is 0 Å². The maximum absolute atomic E-state index is 12.4. The van der Waals surface area contributed by atoms with Crippen molar-refractivity contribution in [2.45, 2.75) is 6.42 Å². The van der Waals surface area contributed by atoms with Crippen LogP contribution in [-0.4, -0.2) is 55.7 Å². The minimum absolute atomic E-state index is 0.0930. The van der Waals surface area contributed by atoms with Crippen molar-refractivity contribution in [1.82, 2.24) is 25.1 Å². The molecule has 110 valence electrons. The molecule has 0 saturated heterocycles. The third kappa shape index (κ3) is 3.54. The summed E-state index contributed by atoms with van der Waals surface area (Å²) in [4.78, 5) is 24.3. The third-order valence-electron chi connectivity index (χ3n) is 2.79. The number of hydrogen-bond acceptors (Lipinski definition) is 5. The van der Waals surface area contributed by atoms with Gasteiger partial charge in [-0.15, -0.1) is 5.10 Å². The van der Waals surface area contributed by atoms with E-state index in [4.69, 9.17) is 16.7 Å². The van der Waals surface area contributed by atoms with Crippen molar-refractivity contribution in [3.8, 4) is 5.69 Å². The van der Waals surface area contributed by atoms with Gasteiger partial charge in [-0.1, -0.05) is 11.6 Å². The van der Waals surface area contributed by atoms with E-state index >= 15 is 0 Å². The average molecular weight is 310 g/mol. The normalized spacial score (nSPS) is 10.4. The number of aliphatic carboxylic acids is 1. The smallest absolute Gasteiger partial charge is 0.305 e. The maximum atomic E-state index is 12.4. The first-order valence-electron chi connectivity index (χ1n) is 5.99. The van der Waals surface area contributed by atoms with Crippen LogP contribution in [0.3, 0.4) is 0 Å². The Labute approximate surface area is 124 Å². The molecule has 0 fully saturated rings. The van der Waals surface area contributed by atoms with E-state index in [0.29, 0.717) is 16.3 Å². The highest BCUT2D eigenvalue weighted by Crippen LogP contribution is 2.20. The van der Waals surface area contributed by atoms with Crippen LogP contribution in [0, 0.1) is 0 Å². The monoisotopic (exact) mass is 309 g/mol. The Morgan fingerprint density at radius 1 is 1.43 bits per heavy atom. The number of benzene rings is 1. The molecule has 1 N–H and O–H groups in total. The number of carboxylic acid groups (broad SMARTS) is 1. The van der Waals surface area contributed by atoms with Gasteiger partial charge < -0.3 is 10.0 Å². The SMILES string of the molecule is CN(CCC(=O)O)C(=O)c1cc(Cl)ccc1-n1cnnn1. The number of rotatable bonds is 5. The second-order valence-corrected chi connectivity index (χ2v) is 4.72. The average Bonchev–Trinajstić information content (AvgIpc) is 2.97. The van der Waals surface area contributed by atoms with Gasteiger partial charge in [0.2, 0.25) is 0 Å². The molecule has 0 radical (unpaired) electrons. The zero-order chi connectivity index (χ0) is 15.4. The summed E-state index contributed by atoms with van der Waals surface area (Å²) >= 11 is 5.93. The highest BCUT2D eigenvalue weighted by atomic mass is 35.5. The van der Waals surface area contributed by atoms with Crippen LogP contribution in [0.1, 0.15) is 16.8 Å². The minimum atomic E-state index is -0.971. The maximum Gasteiger partial charge on any atom is 0.305 e. The molecule has 21 heavy (non-hydrogen) atoms. The molecule has 0 aliphatic carbocycles. The summed E-state index contributed by atoms with van der Waals surface area (Å²) in [5.41, 5.74) is 0.763. The Bertz CT molecular complexity index is 659. The number of nitrogens with zero attached hydrogens (tertiary/aromatic N) is 5. The van der Waals surface area contributed by atoms with Crippen molar-refractivity contribution in [3.63, 3.8) is 0 Å². The van der Waals surface area contributed by atoms with Crippen molar-refractivity contribution in [3.05, 3.63) is 35.1 Å². The summed E-state index contributed by atoms with van der Waals surface area (Å²) in [6.07, 6.45) is 1.22. The molecular formula is C12H12ClN5O3. The predicted molar refractivity (Wildman–Crippen MR) is 73.4 cm³/mol. The van der Waals surface area contributed by atoms with Gasteiger partial charge in [0, 0.05) is 18.6 Å². The summed E-state index contributed by atoms with van der Waals surface area (Å²) in [6.45, 7) is 0.0930. The van der Waals surface area contributed by atoms with E-state index < -0.39 is 5.97 Å². The van der Waals surface area contributed by atoms with E-state index in [2.05, 4.69) is 15.5 Å². The van der Waals surface area contributed by atoms with Gasteiger partial charge in [-0.25, -0.2) is 0 Å². The zero-order valence-corrected chi connectivity index (χ0v) is 11.9. The Morgan fingerprint density at radius 3 is 2.81 bits per heavy atom. The summed E-state index contributed by atoms with van der Waals surface area (Å²) in [5.74, 6) is -1.33. The van der Waals surface area contributed by atoms with Gasteiger partial charge in [-0.3, -0.25) is 9.59 Å². The van der Waals surface area contributed by atoms with Gasteiger partial charge in [0.1, 0.15) is 6.33 Å². The first-order chi connectivity index (χ1) is 9.99. The summed E-state index contributed by atoms with van der Waals surface area (Å²) in [6, 6.07) is 4.74. The lowest BCUT2D eigenvalue weighted by atomic mass is 10.1. The topological polar surface area (TPSA) is 101 Å². The quantitative estimate of drug-likeness (QED) is 0.879. The molecule has 0 unspecified atom stereocenters. The molecule has 1 heterocycles. The fourth-order valence-electron chi connectivity index (χ4n) is 1.72. The molecule has 0 aliphatic rings. The van der Waals surface area contributed by atoms with Crippen LogP contribution in [0.2, 0.25) is 5.02 Å². The number of carbonyl (C=O) groups excluding carboxylic acids is 1. The van der Waals surface area contributed by atoms with Crippen LogP contribution in [0.5, 0.6) is 0 Å². The molecule has 9 heteroatoms. The Hall–Kier alpha value is -2.48. The van der Waals surface area contributed by atoms with Gasteiger partial charge in [-0.2, -0.15) is 4.68 Å². The number of tetrazole rings is 1. The second-order valence-electron chi connectivity index (χ2n) is 4.29. The van der Waals surface area contributed by atoms with Crippen molar-refractivity contribution in [2.24, 2.45) is 0 Å². The number of aromatic nitrogens is 4.